The topological polar surface area (TPSA) is 9.23 Å². The molecule has 1 aromatic rings. The molecule has 2 rings (SSSR count). The van der Waals surface area contributed by atoms with Gasteiger partial charge in [-0.1, -0.05) is 31.5 Å². The summed E-state index contributed by atoms with van der Waals surface area (Å²) in [6.07, 6.45) is 1.11. The number of ether oxygens (including phenoxy) is 1. The quantitative estimate of drug-likeness (QED) is 0.590. The van der Waals surface area contributed by atoms with Gasteiger partial charge in [0.25, 0.3) is 0 Å². The van der Waals surface area contributed by atoms with Crippen LogP contribution in [-0.2, 0) is 5.41 Å². The van der Waals surface area contributed by atoms with Crippen LogP contribution in [0.5, 0.6) is 5.75 Å². The first kappa shape index (κ1) is 8.61. The summed E-state index contributed by atoms with van der Waals surface area (Å²) in [5, 5.41) is 0. The van der Waals surface area contributed by atoms with Gasteiger partial charge in [0.15, 0.2) is 0 Å². The highest BCUT2D eigenvalue weighted by Crippen LogP contribution is 2.38. The molecule has 0 saturated carbocycles. The first-order chi connectivity index (χ1) is 6.09. The van der Waals surface area contributed by atoms with E-state index >= 15 is 0 Å². The van der Waals surface area contributed by atoms with Gasteiger partial charge in [-0.15, -0.1) is 0 Å². The standard InChI is InChI=1S/C12H16O/c1-9-4-5-11-10(8-9)12(2,3)6-7-13-11/h4-5,8H,6-7H2,1-3H3. The van der Waals surface area contributed by atoms with E-state index in [-0.39, 0.29) is 5.41 Å². The number of hydrogen-bond donors (Lipinski definition) is 0. The van der Waals surface area contributed by atoms with Gasteiger partial charge in [-0.25, -0.2) is 0 Å². The van der Waals surface area contributed by atoms with E-state index in [9.17, 15) is 0 Å². The van der Waals surface area contributed by atoms with Crippen LogP contribution in [0.15, 0.2) is 18.2 Å². The lowest BCUT2D eigenvalue weighted by Crippen LogP contribution is -2.26. The highest BCUT2D eigenvalue weighted by atomic mass is 16.5. The fourth-order valence-corrected chi connectivity index (χ4v) is 1.85. The summed E-state index contributed by atoms with van der Waals surface area (Å²) in [7, 11) is 0. The third-order valence-electron chi connectivity index (χ3n) is 2.85. The third-order valence-corrected chi connectivity index (χ3v) is 2.85. The molecule has 0 amide bonds. The van der Waals surface area contributed by atoms with Crippen molar-refractivity contribution in [2.45, 2.75) is 32.6 Å². The zero-order valence-electron chi connectivity index (χ0n) is 8.55. The predicted molar refractivity (Wildman–Crippen MR) is 54.3 cm³/mol. The second kappa shape index (κ2) is 2.76. The maximum atomic E-state index is 5.61. The van der Waals surface area contributed by atoms with Crippen molar-refractivity contribution in [2.24, 2.45) is 0 Å². The molecule has 0 radical (unpaired) electrons. The van der Waals surface area contributed by atoms with Crippen LogP contribution in [0.4, 0.5) is 0 Å². The molecule has 0 bridgehead atoms. The van der Waals surface area contributed by atoms with Gasteiger partial charge in [0.1, 0.15) is 5.75 Å². The van der Waals surface area contributed by atoms with Gasteiger partial charge in [0, 0.05) is 5.56 Å². The molecule has 1 heterocycles. The monoisotopic (exact) mass is 176 g/mol. The van der Waals surface area contributed by atoms with Crippen LogP contribution in [0.2, 0.25) is 0 Å². The van der Waals surface area contributed by atoms with Crippen LogP contribution in [0.1, 0.15) is 31.4 Å². The van der Waals surface area contributed by atoms with Crippen LogP contribution in [-0.4, -0.2) is 6.61 Å². The van der Waals surface area contributed by atoms with E-state index in [1.165, 1.54) is 11.1 Å². The van der Waals surface area contributed by atoms with E-state index in [0.29, 0.717) is 0 Å². The Morgan fingerprint density at radius 3 is 2.85 bits per heavy atom. The molecule has 1 aliphatic rings. The summed E-state index contributed by atoms with van der Waals surface area (Å²) in [5.41, 5.74) is 2.95. The maximum Gasteiger partial charge on any atom is 0.123 e. The molecular weight excluding hydrogens is 160 g/mol. The second-order valence-electron chi connectivity index (χ2n) is 4.48. The molecule has 0 aliphatic carbocycles. The van der Waals surface area contributed by atoms with Crippen molar-refractivity contribution >= 4 is 0 Å². The number of rotatable bonds is 0. The average molecular weight is 176 g/mol. The number of aryl methyl sites for hydroxylation is 1. The minimum Gasteiger partial charge on any atom is -0.493 e. The van der Waals surface area contributed by atoms with E-state index in [2.05, 4.69) is 39.0 Å². The molecule has 0 saturated heterocycles. The van der Waals surface area contributed by atoms with Crippen molar-refractivity contribution in [3.63, 3.8) is 0 Å². The molecule has 0 fully saturated rings. The number of benzene rings is 1. The molecule has 0 unspecified atom stereocenters. The van der Waals surface area contributed by atoms with Crippen molar-refractivity contribution in [3.05, 3.63) is 29.3 Å². The van der Waals surface area contributed by atoms with E-state index in [4.69, 9.17) is 4.74 Å². The van der Waals surface area contributed by atoms with Gasteiger partial charge >= 0.3 is 0 Å². The lowest BCUT2D eigenvalue weighted by atomic mass is 9.79. The van der Waals surface area contributed by atoms with Crippen LogP contribution in [0.25, 0.3) is 0 Å². The average Bonchev–Trinajstić information content (AvgIpc) is 2.06. The molecule has 1 aromatic carbocycles. The lowest BCUT2D eigenvalue weighted by Gasteiger charge is -2.32. The van der Waals surface area contributed by atoms with Crippen molar-refractivity contribution in [1.82, 2.24) is 0 Å². The first-order valence-electron chi connectivity index (χ1n) is 4.83. The summed E-state index contributed by atoms with van der Waals surface area (Å²) in [6, 6.07) is 6.44. The fourth-order valence-electron chi connectivity index (χ4n) is 1.85. The molecule has 0 atom stereocenters. The van der Waals surface area contributed by atoms with E-state index in [1.54, 1.807) is 0 Å². The van der Waals surface area contributed by atoms with Crippen LogP contribution < -0.4 is 4.74 Å². The highest BCUT2D eigenvalue weighted by Gasteiger charge is 2.28. The Bertz CT molecular complexity index is 326. The predicted octanol–water partition coefficient (Wildman–Crippen LogP) is 3.06. The SMILES string of the molecule is Cc1ccc2c(c1)C(C)(C)CCO2. The Labute approximate surface area is 79.7 Å². The zero-order chi connectivity index (χ0) is 9.47. The summed E-state index contributed by atoms with van der Waals surface area (Å²) in [4.78, 5) is 0. The molecule has 1 aliphatic heterocycles. The molecule has 0 aromatic heterocycles. The second-order valence-corrected chi connectivity index (χ2v) is 4.48. The fraction of sp³-hybridized carbons (Fsp3) is 0.500. The third kappa shape index (κ3) is 1.43. The normalized spacial score (nSPS) is 19.0. The molecule has 1 nitrogen and oxygen atoms in total. The summed E-state index contributed by atoms with van der Waals surface area (Å²) in [6.45, 7) is 7.55. The lowest BCUT2D eigenvalue weighted by molar-refractivity contribution is 0.234. The maximum absolute atomic E-state index is 5.61. The summed E-state index contributed by atoms with van der Waals surface area (Å²) >= 11 is 0. The Morgan fingerprint density at radius 1 is 1.31 bits per heavy atom. The van der Waals surface area contributed by atoms with Gasteiger partial charge < -0.3 is 4.74 Å². The Hall–Kier alpha value is -0.980. The minimum absolute atomic E-state index is 0.277. The van der Waals surface area contributed by atoms with Crippen molar-refractivity contribution in [2.75, 3.05) is 6.61 Å². The van der Waals surface area contributed by atoms with Gasteiger partial charge in [-0.3, -0.25) is 0 Å². The highest BCUT2D eigenvalue weighted by molar-refractivity contribution is 5.42. The van der Waals surface area contributed by atoms with Crippen LogP contribution >= 0.6 is 0 Å². The van der Waals surface area contributed by atoms with Gasteiger partial charge in [-0.05, 0) is 24.8 Å². The summed E-state index contributed by atoms with van der Waals surface area (Å²) < 4.78 is 5.61. The summed E-state index contributed by atoms with van der Waals surface area (Å²) in [5.74, 6) is 1.07. The van der Waals surface area contributed by atoms with Crippen molar-refractivity contribution < 1.29 is 4.74 Å². The molecular formula is C12H16O. The van der Waals surface area contributed by atoms with Crippen molar-refractivity contribution in [1.29, 1.82) is 0 Å². The number of hydrogen-bond acceptors (Lipinski definition) is 1. The van der Waals surface area contributed by atoms with E-state index in [1.807, 2.05) is 0 Å². The van der Waals surface area contributed by atoms with Crippen LogP contribution in [0.3, 0.4) is 0 Å². The largest absolute Gasteiger partial charge is 0.493 e. The van der Waals surface area contributed by atoms with E-state index in [0.717, 1.165) is 18.8 Å². The van der Waals surface area contributed by atoms with E-state index < -0.39 is 0 Å². The molecule has 70 valence electrons. The molecule has 0 spiro atoms. The van der Waals surface area contributed by atoms with Gasteiger partial charge in [-0.2, -0.15) is 0 Å². The molecule has 1 heteroatoms. The first-order valence-corrected chi connectivity index (χ1v) is 4.83. The van der Waals surface area contributed by atoms with Crippen LogP contribution in [0, 0.1) is 6.92 Å². The Morgan fingerprint density at radius 2 is 2.08 bits per heavy atom. The Balaban J connectivity index is 2.55. The van der Waals surface area contributed by atoms with Gasteiger partial charge in [0.05, 0.1) is 6.61 Å². The molecule has 13 heavy (non-hydrogen) atoms. The van der Waals surface area contributed by atoms with Gasteiger partial charge in [0.2, 0.25) is 0 Å². The van der Waals surface area contributed by atoms with Crippen molar-refractivity contribution in [3.8, 4) is 5.75 Å². The Kier molecular flexibility index (Phi) is 1.83. The smallest absolute Gasteiger partial charge is 0.123 e. The molecule has 0 N–H and O–H groups in total. The number of fused-ring (bicyclic) bond motifs is 1. The minimum atomic E-state index is 0.277. The zero-order valence-corrected chi connectivity index (χ0v) is 8.55.